The van der Waals surface area contributed by atoms with Gasteiger partial charge in [0.15, 0.2) is 11.6 Å². The Morgan fingerprint density at radius 3 is 0.920 bits per heavy atom. The third kappa shape index (κ3) is 3.34. The van der Waals surface area contributed by atoms with Gasteiger partial charge in [-0.2, -0.15) is 0 Å². The Morgan fingerprint density at radius 1 is 0.260 bits per heavy atom. The zero-order valence-corrected chi connectivity index (χ0v) is 26.6. The van der Waals surface area contributed by atoms with Crippen LogP contribution in [-0.2, 0) is 0 Å². The van der Waals surface area contributed by atoms with Crippen molar-refractivity contribution in [2.24, 2.45) is 0 Å². The van der Waals surface area contributed by atoms with E-state index < -0.39 is 0 Å². The molecule has 12 rings (SSSR count). The number of hydrogen-bond donors (Lipinski definition) is 0. The summed E-state index contributed by atoms with van der Waals surface area (Å²) in [6.07, 6.45) is 7.34. The summed E-state index contributed by atoms with van der Waals surface area (Å²) in [7, 11) is 0. The van der Waals surface area contributed by atoms with Gasteiger partial charge < -0.3 is 0 Å². The van der Waals surface area contributed by atoms with Crippen LogP contribution in [0, 0.1) is 0 Å². The molecule has 0 aliphatic heterocycles. The Balaban J connectivity index is 1.28. The van der Waals surface area contributed by atoms with Crippen molar-refractivity contribution in [2.75, 3.05) is 0 Å². The van der Waals surface area contributed by atoms with Crippen molar-refractivity contribution in [3.8, 4) is 67.3 Å². The summed E-state index contributed by atoms with van der Waals surface area (Å²) in [6, 6.07) is 44.5. The molecule has 4 heteroatoms. The lowest BCUT2D eigenvalue weighted by molar-refractivity contribution is 1.18. The van der Waals surface area contributed by atoms with E-state index in [-0.39, 0.29) is 0 Å². The van der Waals surface area contributed by atoms with Gasteiger partial charge in [-0.25, -0.2) is 19.9 Å². The van der Waals surface area contributed by atoms with Gasteiger partial charge in [-0.05, 0) is 147 Å². The van der Waals surface area contributed by atoms with Crippen molar-refractivity contribution in [1.29, 1.82) is 0 Å². The lowest BCUT2D eigenvalue weighted by Crippen LogP contribution is -1.95. The number of fused-ring (bicyclic) bond motifs is 11. The second-order valence-corrected chi connectivity index (χ2v) is 13.4. The molecular formula is C46H24N4. The van der Waals surface area contributed by atoms with E-state index in [9.17, 15) is 0 Å². The molecule has 50 heavy (non-hydrogen) atoms. The van der Waals surface area contributed by atoms with E-state index in [0.29, 0.717) is 0 Å². The molecule has 0 N–H and O–H groups in total. The molecule has 8 aromatic carbocycles. The summed E-state index contributed by atoms with van der Waals surface area (Å²) in [5, 5.41) is 12.1. The number of nitrogens with zero attached hydrogens (tertiary/aromatic N) is 4. The van der Waals surface area contributed by atoms with Crippen LogP contribution >= 0.6 is 0 Å². The molecule has 2 aromatic heterocycles. The van der Waals surface area contributed by atoms with Crippen LogP contribution < -0.4 is 0 Å². The van der Waals surface area contributed by atoms with Gasteiger partial charge in [0, 0.05) is 35.9 Å². The Bertz CT molecular complexity index is 2910. The summed E-state index contributed by atoms with van der Waals surface area (Å²) in [5.74, 6) is 1.44. The molecule has 2 heterocycles. The quantitative estimate of drug-likeness (QED) is 0.178. The minimum atomic E-state index is 0.718. The van der Waals surface area contributed by atoms with Gasteiger partial charge >= 0.3 is 0 Å². The highest BCUT2D eigenvalue weighted by molar-refractivity contribution is 6.28. The highest BCUT2D eigenvalue weighted by Crippen LogP contribution is 2.53. The number of benzene rings is 8. The highest BCUT2D eigenvalue weighted by Gasteiger charge is 2.27. The van der Waals surface area contributed by atoms with E-state index in [1.54, 1.807) is 0 Å². The minimum absolute atomic E-state index is 0.718. The zero-order valence-electron chi connectivity index (χ0n) is 26.6. The molecule has 0 unspecified atom stereocenters. The van der Waals surface area contributed by atoms with Crippen LogP contribution in [0.15, 0.2) is 146 Å². The zero-order chi connectivity index (χ0) is 32.5. The smallest absolute Gasteiger partial charge is 0.159 e. The molecule has 10 aromatic rings. The maximum absolute atomic E-state index is 4.80. The summed E-state index contributed by atoms with van der Waals surface area (Å²) < 4.78 is 0. The van der Waals surface area contributed by atoms with Crippen molar-refractivity contribution in [2.45, 2.75) is 0 Å². The summed E-state index contributed by atoms with van der Waals surface area (Å²) in [4.78, 5) is 19.2. The highest BCUT2D eigenvalue weighted by atomic mass is 14.9. The van der Waals surface area contributed by atoms with Crippen LogP contribution in [0.1, 0.15) is 0 Å². The first-order valence-electron chi connectivity index (χ1n) is 17.0. The van der Waals surface area contributed by atoms with Gasteiger partial charge in [-0.3, -0.25) is 0 Å². The molecule has 0 bridgehead atoms. The van der Waals surface area contributed by atoms with E-state index in [1.165, 1.54) is 76.8 Å². The molecule has 0 atom stereocenters. The summed E-state index contributed by atoms with van der Waals surface area (Å²) in [5.41, 5.74) is 12.2. The Kier molecular flexibility index (Phi) is 4.94. The fourth-order valence-electron chi connectivity index (χ4n) is 8.85. The topological polar surface area (TPSA) is 51.6 Å². The maximum atomic E-state index is 4.80. The molecule has 0 radical (unpaired) electrons. The van der Waals surface area contributed by atoms with Gasteiger partial charge in [-0.1, -0.05) is 72.8 Å². The third-order valence-corrected chi connectivity index (χ3v) is 10.9. The Hall–Kier alpha value is -6.78. The summed E-state index contributed by atoms with van der Waals surface area (Å²) >= 11 is 0. The number of hydrogen-bond acceptors (Lipinski definition) is 4. The maximum Gasteiger partial charge on any atom is 0.159 e. The number of aromatic nitrogens is 4. The molecule has 0 spiro atoms. The molecular weight excluding hydrogens is 609 g/mol. The van der Waals surface area contributed by atoms with Gasteiger partial charge in [0.2, 0.25) is 0 Å². The third-order valence-electron chi connectivity index (χ3n) is 10.9. The predicted molar refractivity (Wildman–Crippen MR) is 205 cm³/mol. The van der Waals surface area contributed by atoms with Crippen molar-refractivity contribution in [3.63, 3.8) is 0 Å². The van der Waals surface area contributed by atoms with Gasteiger partial charge in [-0.15, -0.1) is 0 Å². The van der Waals surface area contributed by atoms with E-state index in [2.05, 4.69) is 109 Å². The Labute approximate surface area is 286 Å². The molecule has 2 aliphatic carbocycles. The largest absolute Gasteiger partial charge is 0.237 e. The lowest BCUT2D eigenvalue weighted by atomic mass is 9.87. The Morgan fingerprint density at radius 2 is 0.560 bits per heavy atom. The first-order chi connectivity index (χ1) is 24.8. The average molecular weight is 633 g/mol. The van der Waals surface area contributed by atoms with Crippen LogP contribution in [0.2, 0.25) is 0 Å². The minimum Gasteiger partial charge on any atom is -0.237 e. The van der Waals surface area contributed by atoms with Crippen LogP contribution in [0.3, 0.4) is 0 Å². The first kappa shape index (κ1) is 26.2. The van der Waals surface area contributed by atoms with Crippen molar-refractivity contribution in [1.82, 2.24) is 19.9 Å². The van der Waals surface area contributed by atoms with Crippen molar-refractivity contribution < 1.29 is 0 Å². The van der Waals surface area contributed by atoms with Crippen LogP contribution in [0.25, 0.3) is 121 Å². The predicted octanol–water partition coefficient (Wildman–Crippen LogP) is 11.7. The molecule has 228 valence electrons. The fraction of sp³-hybridized carbons (Fsp3) is 0. The van der Waals surface area contributed by atoms with E-state index in [0.717, 1.165) is 44.3 Å². The van der Waals surface area contributed by atoms with E-state index in [4.69, 9.17) is 19.9 Å². The van der Waals surface area contributed by atoms with Crippen molar-refractivity contribution >= 4 is 53.9 Å². The molecule has 0 saturated carbocycles. The fourth-order valence-corrected chi connectivity index (χ4v) is 8.85. The lowest BCUT2D eigenvalue weighted by Gasteiger charge is -2.17. The molecule has 4 nitrogen and oxygen atoms in total. The van der Waals surface area contributed by atoms with Gasteiger partial charge in [0.25, 0.3) is 0 Å². The second kappa shape index (κ2) is 9.43. The molecule has 2 aliphatic rings. The SMILES string of the molecule is c1cnc(-c2cc3c4cc5c(cc4c(-c4ncccn4)cc3c3cc4c(cc23)-c2cccc3cccc-4c23)-c2cccc3cccc-5c23)nc1. The first-order valence-corrected chi connectivity index (χ1v) is 17.0. The van der Waals surface area contributed by atoms with E-state index in [1.807, 2.05) is 36.9 Å². The van der Waals surface area contributed by atoms with Crippen LogP contribution in [-0.4, -0.2) is 19.9 Å². The van der Waals surface area contributed by atoms with Crippen LogP contribution in [0.4, 0.5) is 0 Å². The monoisotopic (exact) mass is 632 g/mol. The van der Waals surface area contributed by atoms with Gasteiger partial charge in [0.05, 0.1) is 0 Å². The molecule has 0 fully saturated rings. The average Bonchev–Trinajstić information content (AvgIpc) is 3.67. The normalized spacial score (nSPS) is 12.4. The summed E-state index contributed by atoms with van der Waals surface area (Å²) in [6.45, 7) is 0. The molecule has 0 saturated heterocycles. The van der Waals surface area contributed by atoms with E-state index >= 15 is 0 Å². The molecule has 0 amide bonds. The number of rotatable bonds is 2. The van der Waals surface area contributed by atoms with Gasteiger partial charge in [0.1, 0.15) is 0 Å². The van der Waals surface area contributed by atoms with Crippen molar-refractivity contribution in [3.05, 3.63) is 146 Å². The second-order valence-electron chi connectivity index (χ2n) is 13.4. The standard InChI is InChI=1S/C46H24N4/c1-7-25-9-3-13-29-33-21-39-35(19-31(33)27(11-1)43(25)29)37-23-42(46-49-17-6-18-50-46)40-22-34-30-14-4-10-26-8-2-12-28(44(26)30)32(34)20-36(40)38(37)24-41(39)45-47-15-5-16-48-45/h1-24H. The van der Waals surface area contributed by atoms with Crippen LogP contribution in [0.5, 0.6) is 0 Å².